The first-order valence-electron chi connectivity index (χ1n) is 10.4. The summed E-state index contributed by atoms with van der Waals surface area (Å²) >= 11 is 6.25. The van der Waals surface area contributed by atoms with Crippen LogP contribution in [0.2, 0.25) is 5.02 Å². The van der Waals surface area contributed by atoms with Gasteiger partial charge in [0.25, 0.3) is 0 Å². The number of carbonyl (C=O) groups excluding carboxylic acids is 1. The van der Waals surface area contributed by atoms with Crippen molar-refractivity contribution in [3.05, 3.63) is 100 Å². The summed E-state index contributed by atoms with van der Waals surface area (Å²) in [5.74, 6) is 0.0498. The monoisotopic (exact) mass is 471 g/mol. The molecule has 1 amide bonds. The van der Waals surface area contributed by atoms with Crippen molar-refractivity contribution in [2.45, 2.75) is 6.61 Å². The highest BCUT2D eigenvalue weighted by molar-refractivity contribution is 6.36. The molecule has 0 unspecified atom stereocenters. The predicted octanol–water partition coefficient (Wildman–Crippen LogP) is 4.49. The molecule has 2 heterocycles. The number of hydrogen-bond acceptors (Lipinski definition) is 6. The van der Waals surface area contributed by atoms with Crippen molar-refractivity contribution in [1.29, 1.82) is 0 Å². The number of aliphatic imine (C=N–C) groups is 1. The number of rotatable bonds is 7. The van der Waals surface area contributed by atoms with Gasteiger partial charge in [-0.3, -0.25) is 14.8 Å². The third kappa shape index (κ3) is 4.89. The third-order valence-corrected chi connectivity index (χ3v) is 5.51. The van der Waals surface area contributed by atoms with E-state index in [1.807, 2.05) is 36.4 Å². The number of halogens is 1. The maximum atomic E-state index is 12.0. The van der Waals surface area contributed by atoms with Gasteiger partial charge in [0, 0.05) is 42.3 Å². The second-order valence-electron chi connectivity index (χ2n) is 7.42. The summed E-state index contributed by atoms with van der Waals surface area (Å²) in [5.41, 5.74) is 16.6. The van der Waals surface area contributed by atoms with Crippen LogP contribution in [0.25, 0.3) is 22.2 Å². The number of aromatic nitrogens is 2. The van der Waals surface area contributed by atoms with Crippen molar-refractivity contribution in [1.82, 2.24) is 9.97 Å². The molecular weight excluding hydrogens is 450 g/mol. The number of fused-ring (bicyclic) bond motifs is 1. The molecule has 7 nitrogen and oxygen atoms in total. The molecule has 8 heteroatoms. The molecule has 0 atom stereocenters. The van der Waals surface area contributed by atoms with Crippen LogP contribution in [0.15, 0.2) is 78.0 Å². The molecule has 0 fully saturated rings. The summed E-state index contributed by atoms with van der Waals surface area (Å²) < 4.78 is 5.89. The Kier molecular flexibility index (Phi) is 6.85. The molecule has 4 aromatic rings. The zero-order valence-corrected chi connectivity index (χ0v) is 19.2. The molecule has 0 bridgehead atoms. The Balaban J connectivity index is 1.57. The van der Waals surface area contributed by atoms with Gasteiger partial charge in [0.1, 0.15) is 12.4 Å². The van der Waals surface area contributed by atoms with E-state index >= 15 is 0 Å². The Morgan fingerprint density at radius 3 is 2.47 bits per heavy atom. The minimum Gasteiger partial charge on any atom is -0.487 e. The molecule has 4 N–H and O–H groups in total. The van der Waals surface area contributed by atoms with Crippen LogP contribution in [-0.4, -0.2) is 29.1 Å². The molecule has 0 spiro atoms. The molecule has 0 saturated heterocycles. The minimum absolute atomic E-state index is 0.151. The van der Waals surface area contributed by atoms with Crippen LogP contribution in [0.3, 0.4) is 0 Å². The van der Waals surface area contributed by atoms with E-state index in [1.165, 1.54) is 0 Å². The third-order valence-electron chi connectivity index (χ3n) is 5.19. The van der Waals surface area contributed by atoms with Gasteiger partial charge in [-0.05, 0) is 65.7 Å². The lowest BCUT2D eigenvalue weighted by atomic mass is 10.0. The summed E-state index contributed by atoms with van der Waals surface area (Å²) in [7, 11) is 1.70. The second kappa shape index (κ2) is 10.1. The molecule has 170 valence electrons. The van der Waals surface area contributed by atoms with Gasteiger partial charge in [0.15, 0.2) is 0 Å². The summed E-state index contributed by atoms with van der Waals surface area (Å²) in [6.45, 7) is 0.151. The van der Waals surface area contributed by atoms with Gasteiger partial charge in [-0.15, -0.1) is 0 Å². The first-order chi connectivity index (χ1) is 16.5. The molecule has 0 radical (unpaired) electrons. The maximum Gasteiger partial charge on any atom is 0.249 e. The van der Waals surface area contributed by atoms with Crippen LogP contribution in [0.4, 0.5) is 0 Å². The van der Waals surface area contributed by atoms with Crippen molar-refractivity contribution in [3.8, 4) is 5.75 Å². The quantitative estimate of drug-likeness (QED) is 0.385. The average molecular weight is 472 g/mol. The first-order valence-corrected chi connectivity index (χ1v) is 10.8. The lowest BCUT2D eigenvalue weighted by Crippen LogP contribution is -2.13. The number of allylic oxidation sites excluding steroid dienone is 1. The Labute approximate surface area is 201 Å². The number of nitrogens with two attached hydrogens (primary N) is 2. The van der Waals surface area contributed by atoms with E-state index in [2.05, 4.69) is 15.0 Å². The maximum absolute atomic E-state index is 12.0. The van der Waals surface area contributed by atoms with Crippen LogP contribution in [0.1, 0.15) is 27.2 Å². The average Bonchev–Trinajstić information content (AvgIpc) is 2.86. The van der Waals surface area contributed by atoms with E-state index in [0.29, 0.717) is 38.6 Å². The van der Waals surface area contributed by atoms with Gasteiger partial charge < -0.3 is 16.2 Å². The van der Waals surface area contributed by atoms with Gasteiger partial charge >= 0.3 is 0 Å². The second-order valence-corrected chi connectivity index (χ2v) is 7.83. The van der Waals surface area contributed by atoms with Crippen LogP contribution >= 0.6 is 11.6 Å². The Hall–Kier alpha value is -4.23. The summed E-state index contributed by atoms with van der Waals surface area (Å²) in [4.78, 5) is 24.7. The number of benzene rings is 2. The van der Waals surface area contributed by atoms with Crippen molar-refractivity contribution in [3.63, 3.8) is 0 Å². The lowest BCUT2D eigenvalue weighted by molar-refractivity contribution is 0.100. The SMILES string of the molecule is CN=C/C(=C(\N)c1ccc(OCc2cc(C(N)=O)c3c(Cl)cccc3n2)cc1)c1ccncc1. The van der Waals surface area contributed by atoms with Crippen LogP contribution in [-0.2, 0) is 6.61 Å². The first kappa shape index (κ1) is 22.9. The predicted molar refractivity (Wildman–Crippen MR) is 136 cm³/mol. The minimum atomic E-state index is -0.575. The zero-order valence-electron chi connectivity index (χ0n) is 18.4. The van der Waals surface area contributed by atoms with E-state index < -0.39 is 5.91 Å². The number of hydrogen-bond donors (Lipinski definition) is 2. The van der Waals surface area contributed by atoms with Crippen molar-refractivity contribution in [2.75, 3.05) is 7.05 Å². The molecule has 34 heavy (non-hydrogen) atoms. The Morgan fingerprint density at radius 2 is 1.79 bits per heavy atom. The van der Waals surface area contributed by atoms with E-state index in [1.54, 1.807) is 49.9 Å². The Bertz CT molecular complexity index is 1400. The molecule has 4 rings (SSSR count). The molecule has 0 aliphatic heterocycles. The fourth-order valence-electron chi connectivity index (χ4n) is 3.57. The number of primary amides is 1. The number of pyridine rings is 2. The van der Waals surface area contributed by atoms with E-state index in [0.717, 1.165) is 16.7 Å². The van der Waals surface area contributed by atoms with Crippen LogP contribution in [0.5, 0.6) is 5.75 Å². The largest absolute Gasteiger partial charge is 0.487 e. The summed E-state index contributed by atoms with van der Waals surface area (Å²) in [5, 5.41) is 0.958. The summed E-state index contributed by atoms with van der Waals surface area (Å²) in [6, 6.07) is 18.0. The molecule has 0 aliphatic carbocycles. The fraction of sp³-hybridized carbons (Fsp3) is 0.0769. The van der Waals surface area contributed by atoms with Gasteiger partial charge in [-0.2, -0.15) is 0 Å². The number of ether oxygens (including phenoxy) is 1. The van der Waals surface area contributed by atoms with Crippen molar-refractivity contribution >= 4 is 45.9 Å². The van der Waals surface area contributed by atoms with Crippen molar-refractivity contribution in [2.24, 2.45) is 16.5 Å². The van der Waals surface area contributed by atoms with Crippen LogP contribution in [0, 0.1) is 0 Å². The highest BCUT2D eigenvalue weighted by atomic mass is 35.5. The lowest BCUT2D eigenvalue weighted by Gasteiger charge is -2.12. The molecule has 0 saturated carbocycles. The zero-order chi connectivity index (χ0) is 24.1. The number of amides is 1. The fourth-order valence-corrected chi connectivity index (χ4v) is 3.84. The highest BCUT2D eigenvalue weighted by Crippen LogP contribution is 2.27. The smallest absolute Gasteiger partial charge is 0.249 e. The molecule has 2 aromatic heterocycles. The number of nitrogens with zero attached hydrogens (tertiary/aromatic N) is 3. The van der Waals surface area contributed by atoms with Gasteiger partial charge in [-0.25, -0.2) is 4.98 Å². The van der Waals surface area contributed by atoms with E-state index in [-0.39, 0.29) is 6.61 Å². The van der Waals surface area contributed by atoms with Gasteiger partial charge in [-0.1, -0.05) is 17.7 Å². The van der Waals surface area contributed by atoms with Gasteiger partial charge in [0.2, 0.25) is 5.91 Å². The Morgan fingerprint density at radius 1 is 1.06 bits per heavy atom. The standard InChI is InChI=1S/C26H22ClN5O2/c1-30-14-21(16-9-11-31-12-10-16)25(28)17-5-7-19(8-6-17)34-15-18-13-20(26(29)33)24-22(27)3-2-4-23(24)32-18/h2-14H,15,28H2,1H3,(H2,29,33)/b25-21+,30-14?. The van der Waals surface area contributed by atoms with Crippen molar-refractivity contribution < 1.29 is 9.53 Å². The normalized spacial score (nSPS) is 12.1. The van der Waals surface area contributed by atoms with E-state index in [4.69, 9.17) is 27.8 Å². The molecule has 2 aromatic carbocycles. The van der Waals surface area contributed by atoms with E-state index in [9.17, 15) is 4.79 Å². The number of carbonyl (C=O) groups is 1. The molecular formula is C26H22ClN5O2. The summed E-state index contributed by atoms with van der Waals surface area (Å²) in [6.07, 6.45) is 5.14. The van der Waals surface area contributed by atoms with Gasteiger partial charge in [0.05, 0.1) is 21.8 Å². The molecule has 0 aliphatic rings. The van der Waals surface area contributed by atoms with Crippen LogP contribution < -0.4 is 16.2 Å². The topological polar surface area (TPSA) is 116 Å². The highest BCUT2D eigenvalue weighted by Gasteiger charge is 2.14.